The molecule has 350 valence electrons. The molecule has 0 spiro atoms. The Kier molecular flexibility index (Phi) is 47.7. The second-order valence-electron chi connectivity index (χ2n) is 18.2. The lowest BCUT2D eigenvalue weighted by Crippen LogP contribution is -2.30. The van der Waals surface area contributed by atoms with Gasteiger partial charge in [-0.25, -0.2) is 0 Å². The van der Waals surface area contributed by atoms with Crippen molar-refractivity contribution in [2.75, 3.05) is 13.2 Å². The largest absolute Gasteiger partial charge is 0.462 e. The molecule has 0 amide bonds. The van der Waals surface area contributed by atoms with Crippen LogP contribution in [0.5, 0.6) is 0 Å². The molecule has 0 heterocycles. The molecule has 0 radical (unpaired) electrons. The van der Waals surface area contributed by atoms with Crippen LogP contribution in [0.3, 0.4) is 0 Å². The Hall–Kier alpha value is -1.59. The summed E-state index contributed by atoms with van der Waals surface area (Å²) in [6, 6.07) is 0. The Morgan fingerprint density at radius 3 is 0.678 bits per heavy atom. The second kappa shape index (κ2) is 49.1. The average Bonchev–Trinajstić information content (AvgIpc) is 3.23. The molecular weight excluding hydrogens is 733 g/mol. The Morgan fingerprint density at radius 2 is 0.458 bits per heavy atom. The standard InChI is InChI=1S/C53H102O6/c1-4-7-10-13-16-19-21-23-25-26-27-28-30-31-34-37-40-43-46-52(55)58-49-50(48-57-51(54)45-42-39-36-33-18-15-12-9-6-3)59-53(56)47-44-41-38-35-32-29-24-22-20-17-14-11-8-5-2/h50H,4-49H2,1-3H3. The summed E-state index contributed by atoms with van der Waals surface area (Å²) in [4.78, 5) is 37.9. The smallest absolute Gasteiger partial charge is 0.306 e. The summed E-state index contributed by atoms with van der Waals surface area (Å²) in [6.45, 7) is 6.67. The number of hydrogen-bond acceptors (Lipinski definition) is 6. The first-order chi connectivity index (χ1) is 29.0. The molecule has 0 aliphatic carbocycles. The molecule has 0 aromatic carbocycles. The number of carbonyl (C=O) groups excluding carboxylic acids is 3. The van der Waals surface area contributed by atoms with E-state index in [-0.39, 0.29) is 31.1 Å². The molecule has 1 atom stereocenters. The van der Waals surface area contributed by atoms with Crippen molar-refractivity contribution in [3.05, 3.63) is 0 Å². The zero-order valence-electron chi connectivity index (χ0n) is 40.1. The van der Waals surface area contributed by atoms with Crippen molar-refractivity contribution in [2.24, 2.45) is 0 Å². The summed E-state index contributed by atoms with van der Waals surface area (Å²) >= 11 is 0. The minimum atomic E-state index is -0.759. The van der Waals surface area contributed by atoms with Gasteiger partial charge in [0.25, 0.3) is 0 Å². The lowest BCUT2D eigenvalue weighted by molar-refractivity contribution is -0.167. The molecule has 0 rings (SSSR count). The van der Waals surface area contributed by atoms with E-state index in [1.165, 1.54) is 205 Å². The first kappa shape index (κ1) is 57.4. The molecule has 59 heavy (non-hydrogen) atoms. The molecule has 0 aromatic rings. The van der Waals surface area contributed by atoms with Crippen LogP contribution in [0, 0.1) is 0 Å². The van der Waals surface area contributed by atoms with Crippen molar-refractivity contribution in [1.82, 2.24) is 0 Å². The molecule has 0 N–H and O–H groups in total. The van der Waals surface area contributed by atoms with Crippen LogP contribution in [0.25, 0.3) is 0 Å². The van der Waals surface area contributed by atoms with Crippen LogP contribution in [-0.4, -0.2) is 37.2 Å². The molecule has 0 fully saturated rings. The fourth-order valence-electron chi connectivity index (χ4n) is 8.09. The topological polar surface area (TPSA) is 78.9 Å². The Labute approximate surface area is 368 Å². The fourth-order valence-corrected chi connectivity index (χ4v) is 8.09. The zero-order chi connectivity index (χ0) is 43.0. The summed E-state index contributed by atoms with van der Waals surface area (Å²) in [5.74, 6) is -0.842. The van der Waals surface area contributed by atoms with Gasteiger partial charge < -0.3 is 14.2 Å². The van der Waals surface area contributed by atoms with E-state index < -0.39 is 6.10 Å². The van der Waals surface area contributed by atoms with Gasteiger partial charge in [-0.3, -0.25) is 14.4 Å². The first-order valence-electron chi connectivity index (χ1n) is 26.5. The molecule has 6 nitrogen and oxygen atoms in total. The molecule has 0 aromatic heterocycles. The Bertz CT molecular complexity index is 874. The molecule has 6 heteroatoms. The number of carbonyl (C=O) groups is 3. The molecule has 0 saturated carbocycles. The predicted molar refractivity (Wildman–Crippen MR) is 252 cm³/mol. The molecular formula is C53H102O6. The normalized spacial score (nSPS) is 11.8. The minimum Gasteiger partial charge on any atom is -0.462 e. The van der Waals surface area contributed by atoms with Gasteiger partial charge in [-0.2, -0.15) is 0 Å². The van der Waals surface area contributed by atoms with E-state index in [0.717, 1.165) is 57.8 Å². The highest BCUT2D eigenvalue weighted by molar-refractivity contribution is 5.71. The van der Waals surface area contributed by atoms with E-state index in [9.17, 15) is 14.4 Å². The fraction of sp³-hybridized carbons (Fsp3) is 0.943. The van der Waals surface area contributed by atoms with Crippen LogP contribution in [-0.2, 0) is 28.6 Å². The van der Waals surface area contributed by atoms with Gasteiger partial charge >= 0.3 is 17.9 Å². The van der Waals surface area contributed by atoms with E-state index in [4.69, 9.17) is 14.2 Å². The highest BCUT2D eigenvalue weighted by Gasteiger charge is 2.19. The summed E-state index contributed by atoms with van der Waals surface area (Å²) < 4.78 is 16.8. The van der Waals surface area contributed by atoms with Gasteiger partial charge in [-0.05, 0) is 19.3 Å². The van der Waals surface area contributed by atoms with Gasteiger partial charge in [-0.15, -0.1) is 0 Å². The van der Waals surface area contributed by atoms with E-state index in [1.54, 1.807) is 0 Å². The van der Waals surface area contributed by atoms with Crippen molar-refractivity contribution >= 4 is 17.9 Å². The highest BCUT2D eigenvalue weighted by Crippen LogP contribution is 2.17. The maximum absolute atomic E-state index is 12.8. The van der Waals surface area contributed by atoms with Gasteiger partial charge in [0.15, 0.2) is 6.10 Å². The Balaban J connectivity index is 4.22. The van der Waals surface area contributed by atoms with Crippen molar-refractivity contribution in [3.8, 4) is 0 Å². The van der Waals surface area contributed by atoms with Gasteiger partial charge in [-0.1, -0.05) is 265 Å². The summed E-state index contributed by atoms with van der Waals surface area (Å²) in [7, 11) is 0. The summed E-state index contributed by atoms with van der Waals surface area (Å²) in [5.41, 5.74) is 0. The molecule has 0 saturated heterocycles. The van der Waals surface area contributed by atoms with E-state index >= 15 is 0 Å². The minimum absolute atomic E-state index is 0.0618. The molecule has 0 aliphatic heterocycles. The van der Waals surface area contributed by atoms with E-state index in [2.05, 4.69) is 20.8 Å². The first-order valence-corrected chi connectivity index (χ1v) is 26.5. The predicted octanol–water partition coefficient (Wildman–Crippen LogP) is 17.2. The van der Waals surface area contributed by atoms with Crippen LogP contribution in [0.4, 0.5) is 0 Å². The van der Waals surface area contributed by atoms with Gasteiger partial charge in [0.05, 0.1) is 0 Å². The molecule has 1 unspecified atom stereocenters. The van der Waals surface area contributed by atoms with Crippen molar-refractivity contribution < 1.29 is 28.6 Å². The number of ether oxygens (including phenoxy) is 3. The van der Waals surface area contributed by atoms with Crippen LogP contribution >= 0.6 is 0 Å². The molecule has 0 aliphatic rings. The number of unbranched alkanes of at least 4 members (excludes halogenated alkanes) is 38. The van der Waals surface area contributed by atoms with Gasteiger partial charge in [0, 0.05) is 19.3 Å². The number of hydrogen-bond donors (Lipinski definition) is 0. The van der Waals surface area contributed by atoms with E-state index in [1.807, 2.05) is 0 Å². The highest BCUT2D eigenvalue weighted by atomic mass is 16.6. The monoisotopic (exact) mass is 835 g/mol. The van der Waals surface area contributed by atoms with Crippen molar-refractivity contribution in [3.63, 3.8) is 0 Å². The maximum atomic E-state index is 12.8. The number of esters is 3. The van der Waals surface area contributed by atoms with Gasteiger partial charge in [0.2, 0.25) is 0 Å². The second-order valence-corrected chi connectivity index (χ2v) is 18.2. The van der Waals surface area contributed by atoms with Gasteiger partial charge in [0.1, 0.15) is 13.2 Å². The average molecular weight is 835 g/mol. The van der Waals surface area contributed by atoms with E-state index in [0.29, 0.717) is 19.3 Å². The quantitative estimate of drug-likeness (QED) is 0.0345. The zero-order valence-corrected chi connectivity index (χ0v) is 40.1. The third-order valence-electron chi connectivity index (χ3n) is 12.1. The molecule has 0 bridgehead atoms. The van der Waals surface area contributed by atoms with Crippen molar-refractivity contribution in [1.29, 1.82) is 0 Å². The summed E-state index contributed by atoms with van der Waals surface area (Å²) in [6.07, 6.45) is 52.3. The lowest BCUT2D eigenvalue weighted by atomic mass is 10.0. The maximum Gasteiger partial charge on any atom is 0.306 e. The third kappa shape index (κ3) is 47.3. The van der Waals surface area contributed by atoms with Crippen LogP contribution < -0.4 is 0 Å². The lowest BCUT2D eigenvalue weighted by Gasteiger charge is -2.18. The summed E-state index contributed by atoms with van der Waals surface area (Å²) in [5, 5.41) is 0. The van der Waals surface area contributed by atoms with Crippen LogP contribution in [0.15, 0.2) is 0 Å². The SMILES string of the molecule is CCCCCCCCCCCCCCCCCCCCC(=O)OCC(COC(=O)CCCCCCCCCCC)OC(=O)CCCCCCCCCCCCCCCC. The van der Waals surface area contributed by atoms with Crippen LogP contribution in [0.2, 0.25) is 0 Å². The van der Waals surface area contributed by atoms with Crippen molar-refractivity contribution in [2.45, 2.75) is 309 Å². The number of rotatable bonds is 49. The third-order valence-corrected chi connectivity index (χ3v) is 12.1. The van der Waals surface area contributed by atoms with Crippen LogP contribution in [0.1, 0.15) is 303 Å². The Morgan fingerprint density at radius 1 is 0.271 bits per heavy atom.